The molecule has 0 amide bonds. The van der Waals surface area contributed by atoms with Crippen LogP contribution >= 0.6 is 34.7 Å². The van der Waals surface area contributed by atoms with Crippen LogP contribution in [0.5, 0.6) is 0 Å². The lowest BCUT2D eigenvalue weighted by Crippen LogP contribution is -1.89. The number of thioether (sulfide) groups is 1. The number of aryl methyl sites for hydroxylation is 2. The molecule has 0 aliphatic carbocycles. The van der Waals surface area contributed by atoms with E-state index in [1.54, 1.807) is 24.2 Å². The van der Waals surface area contributed by atoms with Gasteiger partial charge in [-0.2, -0.15) is 4.98 Å². The van der Waals surface area contributed by atoms with Crippen LogP contribution in [0.4, 0.5) is 10.8 Å². The number of aromatic nitrogens is 5. The second-order valence-corrected chi connectivity index (χ2v) is 8.89. The average Bonchev–Trinajstić information content (AvgIpc) is 3.38. The van der Waals surface area contributed by atoms with Gasteiger partial charge in [-0.3, -0.25) is 4.98 Å². The van der Waals surface area contributed by atoms with Crippen molar-refractivity contribution in [2.75, 3.05) is 11.1 Å². The first kappa shape index (κ1) is 19.8. The lowest BCUT2D eigenvalue weighted by molar-refractivity contribution is 0.378. The molecule has 0 saturated heterocycles. The summed E-state index contributed by atoms with van der Waals surface area (Å²) in [7, 11) is 0. The summed E-state index contributed by atoms with van der Waals surface area (Å²) < 4.78 is 6.23. The first-order valence-corrected chi connectivity index (χ1v) is 11.1. The summed E-state index contributed by atoms with van der Waals surface area (Å²) in [5.41, 5.74) is 2.84. The maximum atomic E-state index is 6.16. The molecule has 3 heterocycles. The second-order valence-electron chi connectivity index (χ2n) is 6.16. The molecular formula is C19H17ClN6OS2. The molecule has 0 atom stereocenters. The number of nitrogens with one attached hydrogen (secondary N) is 1. The lowest BCUT2D eigenvalue weighted by atomic mass is 10.2. The van der Waals surface area contributed by atoms with Crippen molar-refractivity contribution in [1.29, 1.82) is 0 Å². The lowest BCUT2D eigenvalue weighted by Gasteiger charge is -2.03. The van der Waals surface area contributed by atoms with Gasteiger partial charge < -0.3 is 9.84 Å². The van der Waals surface area contributed by atoms with Crippen LogP contribution in [0.25, 0.3) is 11.4 Å². The van der Waals surface area contributed by atoms with E-state index >= 15 is 0 Å². The predicted octanol–water partition coefficient (Wildman–Crippen LogP) is 5.41. The quantitative estimate of drug-likeness (QED) is 0.285. The molecule has 3 aromatic heterocycles. The monoisotopic (exact) mass is 444 g/mol. The van der Waals surface area contributed by atoms with E-state index in [-0.39, 0.29) is 0 Å². The van der Waals surface area contributed by atoms with Crippen LogP contribution in [0.15, 0.2) is 51.6 Å². The normalized spacial score (nSPS) is 11.0. The molecule has 1 aromatic carbocycles. The molecule has 0 bridgehead atoms. The van der Waals surface area contributed by atoms with Gasteiger partial charge in [-0.25, -0.2) is 0 Å². The number of nitrogens with zero attached hydrogens (tertiary/aromatic N) is 5. The molecule has 0 saturated carbocycles. The summed E-state index contributed by atoms with van der Waals surface area (Å²) in [5, 5.41) is 17.1. The fraction of sp³-hybridized carbons (Fsp3) is 0.211. The summed E-state index contributed by atoms with van der Waals surface area (Å²) >= 11 is 9.34. The Morgan fingerprint density at radius 1 is 1.17 bits per heavy atom. The molecule has 10 heteroatoms. The van der Waals surface area contributed by atoms with E-state index in [0.29, 0.717) is 11.7 Å². The average molecular weight is 445 g/mol. The number of hydrogen-bond donors (Lipinski definition) is 1. The number of halogens is 1. The van der Waals surface area contributed by atoms with Crippen molar-refractivity contribution in [3.8, 4) is 11.4 Å². The van der Waals surface area contributed by atoms with Crippen LogP contribution in [0.2, 0.25) is 5.02 Å². The van der Waals surface area contributed by atoms with Crippen LogP contribution < -0.4 is 5.32 Å². The molecule has 148 valence electrons. The van der Waals surface area contributed by atoms with Crippen molar-refractivity contribution in [2.45, 2.75) is 24.1 Å². The molecule has 4 rings (SSSR count). The Hall–Kier alpha value is -2.49. The topological polar surface area (TPSA) is 89.6 Å². The van der Waals surface area contributed by atoms with Gasteiger partial charge in [-0.05, 0) is 43.2 Å². The molecule has 7 nitrogen and oxygen atoms in total. The molecule has 0 fully saturated rings. The smallest absolute Gasteiger partial charge is 0.226 e. The van der Waals surface area contributed by atoms with Crippen LogP contribution in [-0.2, 0) is 6.42 Å². The van der Waals surface area contributed by atoms with Gasteiger partial charge >= 0.3 is 0 Å². The third-order valence-corrected chi connectivity index (χ3v) is 6.46. The Bertz CT molecular complexity index is 1090. The minimum atomic E-state index is 0.589. The third kappa shape index (κ3) is 5.31. The second kappa shape index (κ2) is 9.34. The minimum Gasteiger partial charge on any atom is -0.339 e. The van der Waals surface area contributed by atoms with E-state index in [1.807, 2.05) is 37.3 Å². The van der Waals surface area contributed by atoms with Crippen molar-refractivity contribution in [2.24, 2.45) is 0 Å². The molecule has 0 aliphatic rings. The number of pyridine rings is 1. The van der Waals surface area contributed by atoms with Crippen LogP contribution in [0.1, 0.15) is 17.9 Å². The van der Waals surface area contributed by atoms with Crippen molar-refractivity contribution in [3.05, 3.63) is 59.2 Å². The number of rotatable bonds is 8. The predicted molar refractivity (Wildman–Crippen MR) is 116 cm³/mol. The van der Waals surface area contributed by atoms with Gasteiger partial charge in [-0.1, -0.05) is 45.9 Å². The van der Waals surface area contributed by atoms with Gasteiger partial charge in [0.1, 0.15) is 0 Å². The maximum Gasteiger partial charge on any atom is 0.226 e. The first-order valence-electron chi connectivity index (χ1n) is 8.90. The van der Waals surface area contributed by atoms with Gasteiger partial charge in [-0.15, -0.1) is 10.2 Å². The van der Waals surface area contributed by atoms with Gasteiger partial charge in [0.15, 0.2) is 4.34 Å². The van der Waals surface area contributed by atoms with Crippen molar-refractivity contribution in [3.63, 3.8) is 0 Å². The van der Waals surface area contributed by atoms with E-state index in [4.69, 9.17) is 16.1 Å². The molecule has 0 radical (unpaired) electrons. The largest absolute Gasteiger partial charge is 0.339 e. The highest BCUT2D eigenvalue weighted by Crippen LogP contribution is 2.29. The number of anilines is 2. The Kier molecular flexibility index (Phi) is 6.38. The van der Waals surface area contributed by atoms with Crippen molar-refractivity contribution >= 4 is 45.5 Å². The van der Waals surface area contributed by atoms with Crippen molar-refractivity contribution in [1.82, 2.24) is 25.3 Å². The maximum absolute atomic E-state index is 6.16. The van der Waals surface area contributed by atoms with Gasteiger partial charge in [0.25, 0.3) is 0 Å². The molecule has 0 unspecified atom stereocenters. The molecule has 0 aliphatic heterocycles. The number of hydrogen-bond acceptors (Lipinski definition) is 9. The van der Waals surface area contributed by atoms with Gasteiger partial charge in [0.05, 0.1) is 0 Å². The van der Waals surface area contributed by atoms with E-state index in [9.17, 15) is 0 Å². The van der Waals surface area contributed by atoms with E-state index in [0.717, 1.165) is 49.9 Å². The third-order valence-electron chi connectivity index (χ3n) is 4.00. The SMILES string of the molecule is Cc1ccc(Nc2nnc(SCCCc3nc(-c4ccncc4)no3)s2)cc1Cl. The Morgan fingerprint density at radius 2 is 2.03 bits per heavy atom. The Morgan fingerprint density at radius 3 is 2.86 bits per heavy atom. The highest BCUT2D eigenvalue weighted by molar-refractivity contribution is 8.01. The van der Waals surface area contributed by atoms with Crippen molar-refractivity contribution < 1.29 is 4.52 Å². The first-order chi connectivity index (χ1) is 14.2. The van der Waals surface area contributed by atoms with E-state index in [2.05, 4.69) is 30.6 Å². The van der Waals surface area contributed by atoms with Crippen LogP contribution in [0.3, 0.4) is 0 Å². The van der Waals surface area contributed by atoms with Gasteiger partial charge in [0.2, 0.25) is 16.8 Å². The number of benzene rings is 1. The fourth-order valence-corrected chi connectivity index (χ4v) is 4.43. The molecule has 29 heavy (non-hydrogen) atoms. The highest BCUT2D eigenvalue weighted by Gasteiger charge is 2.09. The summed E-state index contributed by atoms with van der Waals surface area (Å²) in [6.07, 6.45) is 5.04. The summed E-state index contributed by atoms with van der Waals surface area (Å²) in [6, 6.07) is 9.54. The zero-order valence-electron chi connectivity index (χ0n) is 15.5. The molecular weight excluding hydrogens is 428 g/mol. The fourth-order valence-electron chi connectivity index (χ4n) is 2.47. The van der Waals surface area contributed by atoms with E-state index in [1.165, 1.54) is 11.3 Å². The minimum absolute atomic E-state index is 0.589. The zero-order valence-corrected chi connectivity index (χ0v) is 17.9. The Balaban J connectivity index is 1.24. The summed E-state index contributed by atoms with van der Waals surface area (Å²) in [6.45, 7) is 1.97. The van der Waals surface area contributed by atoms with Gasteiger partial charge in [0, 0.05) is 40.8 Å². The molecule has 0 spiro atoms. The highest BCUT2D eigenvalue weighted by atomic mass is 35.5. The summed E-state index contributed by atoms with van der Waals surface area (Å²) in [4.78, 5) is 8.42. The van der Waals surface area contributed by atoms with Crippen LogP contribution in [-0.4, -0.2) is 31.1 Å². The Labute approximate surface area is 180 Å². The zero-order chi connectivity index (χ0) is 20.1. The summed E-state index contributed by atoms with van der Waals surface area (Å²) in [5.74, 6) is 2.11. The molecule has 1 N–H and O–H groups in total. The standard InChI is InChI=1S/C19H17ClN6OS2/c1-12-4-5-14(11-15(12)20)22-18-24-25-19(29-18)28-10-2-3-16-23-17(26-27-16)13-6-8-21-9-7-13/h4-9,11H,2-3,10H2,1H3,(H,22,24). The van der Waals surface area contributed by atoms with E-state index < -0.39 is 0 Å². The van der Waals surface area contributed by atoms with Crippen LogP contribution in [0, 0.1) is 6.92 Å². The molecule has 4 aromatic rings.